The molecule has 0 bridgehead atoms. The maximum atomic E-state index is 12.5. The van der Waals surface area contributed by atoms with Crippen LogP contribution in [0.25, 0.3) is 6.08 Å². The Kier molecular flexibility index (Phi) is 7.93. The van der Waals surface area contributed by atoms with Crippen LogP contribution in [0.1, 0.15) is 16.7 Å². The van der Waals surface area contributed by atoms with E-state index in [2.05, 4.69) is 21.2 Å². The summed E-state index contributed by atoms with van der Waals surface area (Å²) in [6.07, 6.45) is 1.49. The molecule has 0 spiro atoms. The van der Waals surface area contributed by atoms with Gasteiger partial charge in [-0.25, -0.2) is 0 Å². The SMILES string of the molecule is COc1cc(/C=C(/C#N)C(=O)Nc2ccc(Cl)cc2)cc(Br)c1OCc1ccc(C)cc1. The zero-order valence-corrected chi connectivity index (χ0v) is 19.8. The van der Waals surface area contributed by atoms with Crippen LogP contribution < -0.4 is 14.8 Å². The Morgan fingerprint density at radius 2 is 1.84 bits per heavy atom. The number of carbonyl (C=O) groups is 1. The predicted octanol–water partition coefficient (Wildman–Crippen LogP) is 6.54. The van der Waals surface area contributed by atoms with E-state index < -0.39 is 5.91 Å². The molecule has 3 aromatic rings. The van der Waals surface area contributed by atoms with Gasteiger partial charge in [0, 0.05) is 10.7 Å². The fourth-order valence-electron chi connectivity index (χ4n) is 2.85. The summed E-state index contributed by atoms with van der Waals surface area (Å²) in [4.78, 5) is 12.5. The van der Waals surface area contributed by atoms with Crippen LogP contribution in [-0.2, 0) is 11.4 Å². The van der Waals surface area contributed by atoms with E-state index in [0.29, 0.717) is 38.9 Å². The van der Waals surface area contributed by atoms with Gasteiger partial charge >= 0.3 is 0 Å². The first kappa shape index (κ1) is 23.4. The van der Waals surface area contributed by atoms with Crippen LogP contribution in [0, 0.1) is 18.3 Å². The minimum Gasteiger partial charge on any atom is -0.493 e. The minimum atomic E-state index is -0.524. The summed E-state index contributed by atoms with van der Waals surface area (Å²) in [5.41, 5.74) is 3.30. The summed E-state index contributed by atoms with van der Waals surface area (Å²) in [5.74, 6) is 0.493. The Morgan fingerprint density at radius 1 is 1.16 bits per heavy atom. The number of carbonyl (C=O) groups excluding carboxylic acids is 1. The molecule has 162 valence electrons. The largest absolute Gasteiger partial charge is 0.493 e. The van der Waals surface area contributed by atoms with Crippen LogP contribution in [0.5, 0.6) is 11.5 Å². The number of hydrogen-bond acceptors (Lipinski definition) is 4. The van der Waals surface area contributed by atoms with Crippen molar-refractivity contribution in [2.75, 3.05) is 12.4 Å². The van der Waals surface area contributed by atoms with Crippen LogP contribution in [0.3, 0.4) is 0 Å². The number of ether oxygens (including phenoxy) is 2. The fraction of sp³-hybridized carbons (Fsp3) is 0.120. The van der Waals surface area contributed by atoms with E-state index in [0.717, 1.165) is 5.56 Å². The molecule has 5 nitrogen and oxygen atoms in total. The highest BCUT2D eigenvalue weighted by atomic mass is 79.9. The average Bonchev–Trinajstić information content (AvgIpc) is 2.79. The number of benzene rings is 3. The standard InChI is InChI=1S/C25H20BrClN2O3/c1-16-3-5-17(6-4-16)15-32-24-22(26)12-18(13-23(24)31-2)11-19(14-28)25(30)29-21-9-7-20(27)8-10-21/h3-13H,15H2,1-2H3,(H,29,30)/b19-11-. The summed E-state index contributed by atoms with van der Waals surface area (Å²) >= 11 is 9.37. The van der Waals surface area contributed by atoms with Crippen molar-refractivity contribution >= 4 is 45.2 Å². The number of nitriles is 1. The summed E-state index contributed by atoms with van der Waals surface area (Å²) in [5, 5.41) is 12.7. The van der Waals surface area contributed by atoms with Gasteiger partial charge in [-0.05, 0) is 76.5 Å². The van der Waals surface area contributed by atoms with Crippen molar-refractivity contribution in [2.24, 2.45) is 0 Å². The number of hydrogen-bond donors (Lipinski definition) is 1. The Hall–Kier alpha value is -3.27. The lowest BCUT2D eigenvalue weighted by molar-refractivity contribution is -0.112. The molecule has 0 aromatic heterocycles. The van der Waals surface area contributed by atoms with Crippen molar-refractivity contribution in [1.29, 1.82) is 5.26 Å². The van der Waals surface area contributed by atoms with Crippen LogP contribution in [-0.4, -0.2) is 13.0 Å². The van der Waals surface area contributed by atoms with Gasteiger partial charge in [0.1, 0.15) is 18.2 Å². The summed E-state index contributed by atoms with van der Waals surface area (Å²) in [6.45, 7) is 2.40. The molecule has 0 heterocycles. The second kappa shape index (κ2) is 10.9. The van der Waals surface area contributed by atoms with Crippen LogP contribution in [0.15, 0.2) is 70.7 Å². The zero-order valence-electron chi connectivity index (χ0n) is 17.5. The van der Waals surface area contributed by atoms with Gasteiger partial charge in [0.2, 0.25) is 0 Å². The number of amides is 1. The lowest BCUT2D eigenvalue weighted by Crippen LogP contribution is -2.13. The minimum absolute atomic E-state index is 0.0535. The molecular weight excluding hydrogens is 492 g/mol. The highest BCUT2D eigenvalue weighted by molar-refractivity contribution is 9.10. The molecule has 0 aliphatic rings. The first-order valence-corrected chi connectivity index (χ1v) is 10.8. The van der Waals surface area contributed by atoms with E-state index in [1.807, 2.05) is 37.3 Å². The number of anilines is 1. The van der Waals surface area contributed by atoms with E-state index in [9.17, 15) is 10.1 Å². The Bertz CT molecular complexity index is 1180. The molecule has 0 atom stereocenters. The third-order valence-corrected chi connectivity index (χ3v) is 5.37. The zero-order chi connectivity index (χ0) is 23.1. The third-order valence-electron chi connectivity index (χ3n) is 4.53. The van der Waals surface area contributed by atoms with Crippen molar-refractivity contribution in [3.05, 3.63) is 92.4 Å². The third kappa shape index (κ3) is 6.13. The van der Waals surface area contributed by atoms with Gasteiger partial charge in [-0.2, -0.15) is 5.26 Å². The van der Waals surface area contributed by atoms with Crippen molar-refractivity contribution in [1.82, 2.24) is 0 Å². The fourth-order valence-corrected chi connectivity index (χ4v) is 3.55. The number of methoxy groups -OCH3 is 1. The summed E-state index contributed by atoms with van der Waals surface area (Å²) < 4.78 is 12.1. The Labute approximate surface area is 200 Å². The molecule has 0 saturated heterocycles. The van der Waals surface area contributed by atoms with Crippen LogP contribution in [0.2, 0.25) is 5.02 Å². The first-order valence-electron chi connectivity index (χ1n) is 9.64. The van der Waals surface area contributed by atoms with Crippen molar-refractivity contribution in [3.8, 4) is 17.6 Å². The topological polar surface area (TPSA) is 71.3 Å². The number of aryl methyl sites for hydroxylation is 1. The molecule has 7 heteroatoms. The molecule has 0 saturated carbocycles. The van der Waals surface area contributed by atoms with Gasteiger partial charge < -0.3 is 14.8 Å². The number of nitrogens with zero attached hydrogens (tertiary/aromatic N) is 1. The van der Waals surface area contributed by atoms with E-state index in [1.54, 1.807) is 36.4 Å². The van der Waals surface area contributed by atoms with Gasteiger partial charge in [-0.1, -0.05) is 41.4 Å². The van der Waals surface area contributed by atoms with E-state index in [1.165, 1.54) is 18.7 Å². The average molecular weight is 512 g/mol. The molecule has 0 aliphatic heterocycles. The van der Waals surface area contributed by atoms with Crippen molar-refractivity contribution in [3.63, 3.8) is 0 Å². The normalized spacial score (nSPS) is 10.9. The highest BCUT2D eigenvalue weighted by Crippen LogP contribution is 2.37. The maximum Gasteiger partial charge on any atom is 0.266 e. The van der Waals surface area contributed by atoms with Crippen molar-refractivity contribution in [2.45, 2.75) is 13.5 Å². The second-order valence-corrected chi connectivity index (χ2v) is 8.23. The van der Waals surface area contributed by atoms with Gasteiger partial charge in [-0.15, -0.1) is 0 Å². The smallest absolute Gasteiger partial charge is 0.266 e. The molecule has 0 radical (unpaired) electrons. The van der Waals surface area contributed by atoms with Gasteiger partial charge in [0.15, 0.2) is 11.5 Å². The van der Waals surface area contributed by atoms with Gasteiger partial charge in [0.05, 0.1) is 11.6 Å². The molecule has 1 N–H and O–H groups in total. The van der Waals surface area contributed by atoms with Crippen LogP contribution in [0.4, 0.5) is 5.69 Å². The quantitative estimate of drug-likeness (QED) is 0.289. The number of halogens is 2. The molecule has 0 fully saturated rings. The first-order chi connectivity index (χ1) is 15.4. The van der Waals surface area contributed by atoms with Crippen LogP contribution >= 0.6 is 27.5 Å². The Morgan fingerprint density at radius 3 is 2.47 bits per heavy atom. The molecule has 3 aromatic carbocycles. The molecule has 32 heavy (non-hydrogen) atoms. The van der Waals surface area contributed by atoms with E-state index in [4.69, 9.17) is 21.1 Å². The Balaban J connectivity index is 1.80. The molecule has 0 unspecified atom stereocenters. The molecule has 1 amide bonds. The molecule has 0 aliphatic carbocycles. The second-order valence-electron chi connectivity index (χ2n) is 6.94. The lowest BCUT2D eigenvalue weighted by Gasteiger charge is -2.14. The summed E-state index contributed by atoms with van der Waals surface area (Å²) in [7, 11) is 1.53. The monoisotopic (exact) mass is 510 g/mol. The van der Waals surface area contributed by atoms with Gasteiger partial charge in [0.25, 0.3) is 5.91 Å². The molecule has 3 rings (SSSR count). The summed E-state index contributed by atoms with van der Waals surface area (Å²) in [6, 6.07) is 20.1. The molecular formula is C25H20BrClN2O3. The lowest BCUT2D eigenvalue weighted by atomic mass is 10.1. The predicted molar refractivity (Wildman–Crippen MR) is 130 cm³/mol. The van der Waals surface area contributed by atoms with Crippen molar-refractivity contribution < 1.29 is 14.3 Å². The van der Waals surface area contributed by atoms with Gasteiger partial charge in [-0.3, -0.25) is 4.79 Å². The van der Waals surface area contributed by atoms with E-state index >= 15 is 0 Å². The maximum absolute atomic E-state index is 12.5. The van der Waals surface area contributed by atoms with E-state index in [-0.39, 0.29) is 5.57 Å². The number of nitrogens with one attached hydrogen (secondary N) is 1. The number of rotatable bonds is 7. The highest BCUT2D eigenvalue weighted by Gasteiger charge is 2.14.